The molecule has 2 N–H and O–H groups in total. The van der Waals surface area contributed by atoms with E-state index in [0.717, 1.165) is 0 Å². The maximum atomic E-state index is 5.47. The van der Waals surface area contributed by atoms with Gasteiger partial charge in [0.1, 0.15) is 25.6 Å². The van der Waals surface area contributed by atoms with E-state index in [1.54, 1.807) is 19.2 Å². The Kier molecular flexibility index (Phi) is 3.36. The van der Waals surface area contributed by atoms with Gasteiger partial charge in [0.2, 0.25) is 5.75 Å². The van der Waals surface area contributed by atoms with Crippen LogP contribution in [0.5, 0.6) is 23.0 Å². The first kappa shape index (κ1) is 10.9. The number of hydrogen-bond acceptors (Lipinski definition) is 5. The molecule has 0 saturated heterocycles. The minimum Gasteiger partial charge on any atom is -0.493 e. The lowest BCUT2D eigenvalue weighted by atomic mass is 10.2. The van der Waals surface area contributed by atoms with Crippen LogP contribution in [0.1, 0.15) is 0 Å². The molecule has 0 aliphatic carbocycles. The Morgan fingerprint density at radius 2 is 2.12 bits per heavy atom. The molecule has 88 valence electrons. The van der Waals surface area contributed by atoms with E-state index in [-0.39, 0.29) is 0 Å². The minimum atomic E-state index is 0.461. The van der Waals surface area contributed by atoms with Crippen LogP contribution < -0.4 is 24.7 Å². The lowest BCUT2D eigenvalue weighted by Gasteiger charge is -2.21. The van der Waals surface area contributed by atoms with Gasteiger partial charge in [0.15, 0.2) is 11.5 Å². The average Bonchev–Trinajstić information content (AvgIpc) is 2.35. The van der Waals surface area contributed by atoms with Crippen LogP contribution in [0.2, 0.25) is 0 Å². The van der Waals surface area contributed by atoms with Crippen molar-refractivity contribution in [3.05, 3.63) is 12.1 Å². The van der Waals surface area contributed by atoms with Gasteiger partial charge in [-0.25, -0.2) is 0 Å². The fraction of sp³-hybridized carbons (Fsp3) is 0.455. The highest BCUT2D eigenvalue weighted by Crippen LogP contribution is 2.42. The SMILES string of the molecule is COc1cc(OCCN)cc2c1OCCO2. The second kappa shape index (κ2) is 4.94. The molecule has 0 fully saturated rings. The van der Waals surface area contributed by atoms with E-state index in [1.165, 1.54) is 0 Å². The Morgan fingerprint density at radius 3 is 2.88 bits per heavy atom. The quantitative estimate of drug-likeness (QED) is 0.821. The van der Waals surface area contributed by atoms with Gasteiger partial charge in [-0.3, -0.25) is 0 Å². The maximum Gasteiger partial charge on any atom is 0.203 e. The van der Waals surface area contributed by atoms with Crippen molar-refractivity contribution in [2.75, 3.05) is 33.5 Å². The molecule has 2 rings (SSSR count). The molecule has 0 bridgehead atoms. The summed E-state index contributed by atoms with van der Waals surface area (Å²) in [6.45, 7) is 2.00. The molecule has 1 aromatic rings. The summed E-state index contributed by atoms with van der Waals surface area (Å²) in [6.07, 6.45) is 0. The summed E-state index contributed by atoms with van der Waals surface area (Å²) in [4.78, 5) is 0. The Labute approximate surface area is 94.0 Å². The van der Waals surface area contributed by atoms with E-state index in [1.807, 2.05) is 0 Å². The molecule has 0 amide bonds. The highest BCUT2D eigenvalue weighted by Gasteiger charge is 2.18. The van der Waals surface area contributed by atoms with Crippen LogP contribution >= 0.6 is 0 Å². The first-order valence-electron chi connectivity index (χ1n) is 5.15. The van der Waals surface area contributed by atoms with Crippen molar-refractivity contribution in [3.8, 4) is 23.0 Å². The summed E-state index contributed by atoms with van der Waals surface area (Å²) in [5.74, 6) is 2.57. The summed E-state index contributed by atoms with van der Waals surface area (Å²) >= 11 is 0. The Hall–Kier alpha value is -1.62. The van der Waals surface area contributed by atoms with Gasteiger partial charge >= 0.3 is 0 Å². The molecule has 0 unspecified atom stereocenters. The molecule has 1 heterocycles. The predicted molar refractivity (Wildman–Crippen MR) is 58.5 cm³/mol. The summed E-state index contributed by atoms with van der Waals surface area (Å²) in [5, 5.41) is 0. The molecular weight excluding hydrogens is 210 g/mol. The molecule has 5 nitrogen and oxygen atoms in total. The second-order valence-corrected chi connectivity index (χ2v) is 3.29. The first-order valence-corrected chi connectivity index (χ1v) is 5.15. The second-order valence-electron chi connectivity index (χ2n) is 3.29. The van der Waals surface area contributed by atoms with Crippen LogP contribution in [0, 0.1) is 0 Å². The molecule has 16 heavy (non-hydrogen) atoms. The van der Waals surface area contributed by atoms with Crippen molar-refractivity contribution < 1.29 is 18.9 Å². The fourth-order valence-electron chi connectivity index (χ4n) is 1.51. The summed E-state index contributed by atoms with van der Waals surface area (Å²) in [5.41, 5.74) is 5.37. The van der Waals surface area contributed by atoms with E-state index in [4.69, 9.17) is 24.7 Å². The Bertz CT molecular complexity index is 350. The van der Waals surface area contributed by atoms with E-state index in [2.05, 4.69) is 0 Å². The summed E-state index contributed by atoms with van der Waals surface area (Å²) in [7, 11) is 1.58. The van der Waals surface area contributed by atoms with Crippen LogP contribution in [-0.4, -0.2) is 33.5 Å². The lowest BCUT2D eigenvalue weighted by molar-refractivity contribution is 0.163. The highest BCUT2D eigenvalue weighted by molar-refractivity contribution is 5.56. The monoisotopic (exact) mass is 225 g/mol. The largest absolute Gasteiger partial charge is 0.493 e. The lowest BCUT2D eigenvalue weighted by Crippen LogP contribution is -2.16. The molecule has 5 heteroatoms. The van der Waals surface area contributed by atoms with E-state index < -0.39 is 0 Å². The Balaban J connectivity index is 2.28. The van der Waals surface area contributed by atoms with Gasteiger partial charge in [-0.2, -0.15) is 0 Å². The third kappa shape index (κ3) is 2.14. The number of methoxy groups -OCH3 is 1. The smallest absolute Gasteiger partial charge is 0.203 e. The van der Waals surface area contributed by atoms with Crippen LogP contribution in [-0.2, 0) is 0 Å². The van der Waals surface area contributed by atoms with Gasteiger partial charge in [-0.15, -0.1) is 0 Å². The van der Waals surface area contributed by atoms with Gasteiger partial charge < -0.3 is 24.7 Å². The highest BCUT2D eigenvalue weighted by atomic mass is 16.6. The molecule has 0 atom stereocenters. The van der Waals surface area contributed by atoms with E-state index >= 15 is 0 Å². The van der Waals surface area contributed by atoms with Crippen molar-refractivity contribution in [1.82, 2.24) is 0 Å². The van der Waals surface area contributed by atoms with Crippen molar-refractivity contribution >= 4 is 0 Å². The standard InChI is InChI=1S/C11H15NO4/c1-13-9-6-8(14-3-2-12)7-10-11(9)16-5-4-15-10/h6-7H,2-5,12H2,1H3. The Morgan fingerprint density at radius 1 is 1.31 bits per heavy atom. The first-order chi connectivity index (χ1) is 7.85. The molecule has 0 spiro atoms. The molecule has 1 aliphatic heterocycles. The predicted octanol–water partition coefficient (Wildman–Crippen LogP) is 0.804. The van der Waals surface area contributed by atoms with Crippen LogP contribution in [0.4, 0.5) is 0 Å². The van der Waals surface area contributed by atoms with Gasteiger partial charge in [-0.05, 0) is 0 Å². The number of ether oxygens (including phenoxy) is 4. The van der Waals surface area contributed by atoms with Crippen molar-refractivity contribution in [1.29, 1.82) is 0 Å². The zero-order valence-corrected chi connectivity index (χ0v) is 9.19. The van der Waals surface area contributed by atoms with Gasteiger partial charge in [0.25, 0.3) is 0 Å². The molecule has 0 radical (unpaired) electrons. The fourth-order valence-corrected chi connectivity index (χ4v) is 1.51. The molecule has 0 saturated carbocycles. The van der Waals surface area contributed by atoms with Crippen LogP contribution in [0.25, 0.3) is 0 Å². The van der Waals surface area contributed by atoms with Gasteiger partial charge in [0.05, 0.1) is 7.11 Å². The number of nitrogens with two attached hydrogens (primary N) is 1. The minimum absolute atomic E-state index is 0.461. The normalized spacial score (nSPS) is 13.4. The summed E-state index contributed by atoms with van der Waals surface area (Å²) < 4.78 is 21.6. The van der Waals surface area contributed by atoms with E-state index in [9.17, 15) is 0 Å². The molecule has 0 aromatic heterocycles. The van der Waals surface area contributed by atoms with E-state index in [0.29, 0.717) is 49.4 Å². The van der Waals surface area contributed by atoms with Crippen LogP contribution in [0.3, 0.4) is 0 Å². The zero-order valence-electron chi connectivity index (χ0n) is 9.19. The van der Waals surface area contributed by atoms with Gasteiger partial charge in [0, 0.05) is 18.7 Å². The van der Waals surface area contributed by atoms with Crippen molar-refractivity contribution in [2.45, 2.75) is 0 Å². The zero-order chi connectivity index (χ0) is 11.4. The van der Waals surface area contributed by atoms with Gasteiger partial charge in [-0.1, -0.05) is 0 Å². The molecule has 1 aromatic carbocycles. The number of fused-ring (bicyclic) bond motifs is 1. The molecular formula is C11H15NO4. The number of rotatable bonds is 4. The van der Waals surface area contributed by atoms with Crippen molar-refractivity contribution in [3.63, 3.8) is 0 Å². The third-order valence-electron chi connectivity index (χ3n) is 2.19. The summed E-state index contributed by atoms with van der Waals surface area (Å²) in [6, 6.07) is 3.55. The topological polar surface area (TPSA) is 62.9 Å². The van der Waals surface area contributed by atoms with Crippen molar-refractivity contribution in [2.24, 2.45) is 5.73 Å². The number of benzene rings is 1. The maximum absolute atomic E-state index is 5.47. The number of hydrogen-bond donors (Lipinski definition) is 1. The van der Waals surface area contributed by atoms with Crippen LogP contribution in [0.15, 0.2) is 12.1 Å². The molecule has 1 aliphatic rings. The average molecular weight is 225 g/mol. The third-order valence-corrected chi connectivity index (χ3v) is 2.19.